The summed E-state index contributed by atoms with van der Waals surface area (Å²) in [6.45, 7) is 4.65. The van der Waals surface area contributed by atoms with Gasteiger partial charge in [-0.25, -0.2) is 4.39 Å². The molecule has 138 valence electrons. The van der Waals surface area contributed by atoms with Crippen LogP contribution in [0, 0.1) is 19.7 Å². The van der Waals surface area contributed by atoms with E-state index in [1.165, 1.54) is 12.1 Å². The van der Waals surface area contributed by atoms with Crippen molar-refractivity contribution in [3.05, 3.63) is 89.0 Å². The topological polar surface area (TPSA) is 54.0 Å². The van der Waals surface area contributed by atoms with Crippen LogP contribution in [0.4, 0.5) is 15.8 Å². The van der Waals surface area contributed by atoms with Gasteiger partial charge in [-0.05, 0) is 67.3 Å². The van der Waals surface area contributed by atoms with Crippen molar-refractivity contribution in [3.8, 4) is 0 Å². The van der Waals surface area contributed by atoms with Gasteiger partial charge in [-0.3, -0.25) is 9.78 Å². The predicted octanol–water partition coefficient (Wildman–Crippen LogP) is 4.74. The van der Waals surface area contributed by atoms with Crippen molar-refractivity contribution >= 4 is 17.3 Å². The zero-order valence-corrected chi connectivity index (χ0v) is 15.4. The fourth-order valence-corrected chi connectivity index (χ4v) is 2.91. The molecule has 1 amide bonds. The number of anilines is 2. The smallest absolute Gasteiger partial charge is 0.257 e. The average molecular weight is 363 g/mol. The standard InChI is InChI=1S/C22H22FN3O/c1-15-9-16(2)11-20(10-15)26-22(27)18-12-21(14-24-13-18)25-8-7-17-3-5-19(23)6-4-17/h3-6,9-14,25H,7-8H2,1-2H3,(H,26,27). The van der Waals surface area contributed by atoms with E-state index in [1.807, 2.05) is 26.0 Å². The predicted molar refractivity (Wildman–Crippen MR) is 107 cm³/mol. The van der Waals surface area contributed by atoms with E-state index in [1.54, 1.807) is 30.6 Å². The van der Waals surface area contributed by atoms with E-state index in [-0.39, 0.29) is 11.7 Å². The summed E-state index contributed by atoms with van der Waals surface area (Å²) in [6.07, 6.45) is 3.97. The van der Waals surface area contributed by atoms with Crippen molar-refractivity contribution in [3.63, 3.8) is 0 Å². The molecule has 1 heterocycles. The highest BCUT2D eigenvalue weighted by molar-refractivity contribution is 6.04. The lowest BCUT2D eigenvalue weighted by Gasteiger charge is -2.10. The van der Waals surface area contributed by atoms with Gasteiger partial charge in [-0.15, -0.1) is 0 Å². The highest BCUT2D eigenvalue weighted by Gasteiger charge is 2.08. The molecule has 1 aromatic heterocycles. The summed E-state index contributed by atoms with van der Waals surface area (Å²) in [4.78, 5) is 16.6. The second-order valence-electron chi connectivity index (χ2n) is 6.60. The number of nitrogens with one attached hydrogen (secondary N) is 2. The van der Waals surface area contributed by atoms with Crippen LogP contribution < -0.4 is 10.6 Å². The van der Waals surface area contributed by atoms with Crippen LogP contribution in [0.1, 0.15) is 27.0 Å². The Bertz CT molecular complexity index is 918. The lowest BCUT2D eigenvalue weighted by Crippen LogP contribution is -2.13. The second kappa shape index (κ2) is 8.45. The Morgan fingerprint density at radius 3 is 2.37 bits per heavy atom. The first-order valence-electron chi connectivity index (χ1n) is 8.82. The summed E-state index contributed by atoms with van der Waals surface area (Å²) in [6, 6.07) is 14.1. The molecule has 0 aliphatic heterocycles. The fraction of sp³-hybridized carbons (Fsp3) is 0.182. The number of rotatable bonds is 6. The number of hydrogen-bond acceptors (Lipinski definition) is 3. The van der Waals surface area contributed by atoms with Crippen molar-refractivity contribution in [2.75, 3.05) is 17.2 Å². The van der Waals surface area contributed by atoms with Crippen LogP contribution in [0.5, 0.6) is 0 Å². The molecule has 0 spiro atoms. The zero-order valence-electron chi connectivity index (χ0n) is 15.4. The van der Waals surface area contributed by atoms with Gasteiger partial charge in [0.1, 0.15) is 5.82 Å². The zero-order chi connectivity index (χ0) is 19.2. The molecule has 2 N–H and O–H groups in total. The summed E-state index contributed by atoms with van der Waals surface area (Å²) in [5.41, 5.74) is 5.26. The van der Waals surface area contributed by atoms with E-state index in [0.29, 0.717) is 12.1 Å². The van der Waals surface area contributed by atoms with Gasteiger partial charge in [0.15, 0.2) is 0 Å². The van der Waals surface area contributed by atoms with Gasteiger partial charge in [0.2, 0.25) is 0 Å². The highest BCUT2D eigenvalue weighted by atomic mass is 19.1. The number of carbonyl (C=O) groups is 1. The lowest BCUT2D eigenvalue weighted by molar-refractivity contribution is 0.102. The molecule has 5 heteroatoms. The van der Waals surface area contributed by atoms with E-state index >= 15 is 0 Å². The molecule has 3 rings (SSSR count). The first-order chi connectivity index (χ1) is 13.0. The minimum Gasteiger partial charge on any atom is -0.383 e. The van der Waals surface area contributed by atoms with E-state index in [4.69, 9.17) is 0 Å². The molecule has 3 aromatic rings. The summed E-state index contributed by atoms with van der Waals surface area (Å²) >= 11 is 0. The van der Waals surface area contributed by atoms with Crippen molar-refractivity contribution in [2.24, 2.45) is 0 Å². The summed E-state index contributed by atoms with van der Waals surface area (Å²) in [5, 5.41) is 6.16. The molecule has 0 aliphatic carbocycles. The third kappa shape index (κ3) is 5.38. The van der Waals surface area contributed by atoms with E-state index in [0.717, 1.165) is 34.5 Å². The van der Waals surface area contributed by atoms with Gasteiger partial charge in [-0.2, -0.15) is 0 Å². The molecule has 27 heavy (non-hydrogen) atoms. The van der Waals surface area contributed by atoms with Crippen LogP contribution in [0.3, 0.4) is 0 Å². The van der Waals surface area contributed by atoms with Gasteiger partial charge in [0.05, 0.1) is 11.3 Å². The van der Waals surface area contributed by atoms with Crippen molar-refractivity contribution in [2.45, 2.75) is 20.3 Å². The van der Waals surface area contributed by atoms with Gasteiger partial charge in [-0.1, -0.05) is 18.2 Å². The van der Waals surface area contributed by atoms with Crippen LogP contribution in [-0.2, 0) is 6.42 Å². The Morgan fingerprint density at radius 2 is 1.67 bits per heavy atom. The maximum absolute atomic E-state index is 12.9. The number of benzene rings is 2. The lowest BCUT2D eigenvalue weighted by atomic mass is 10.1. The Labute approximate surface area is 158 Å². The van der Waals surface area contributed by atoms with Gasteiger partial charge in [0.25, 0.3) is 5.91 Å². The molecule has 0 fully saturated rings. The molecular formula is C22H22FN3O. The minimum atomic E-state index is -0.238. The second-order valence-corrected chi connectivity index (χ2v) is 6.60. The van der Waals surface area contributed by atoms with Gasteiger partial charge < -0.3 is 10.6 Å². The summed E-state index contributed by atoms with van der Waals surface area (Å²) in [5.74, 6) is -0.437. The molecule has 0 radical (unpaired) electrons. The average Bonchev–Trinajstić information content (AvgIpc) is 2.63. The Balaban J connectivity index is 1.60. The summed E-state index contributed by atoms with van der Waals surface area (Å²) < 4.78 is 12.9. The Hall–Kier alpha value is -3.21. The number of pyridine rings is 1. The van der Waals surface area contributed by atoms with Crippen LogP contribution in [0.25, 0.3) is 0 Å². The molecule has 0 atom stereocenters. The quantitative estimate of drug-likeness (QED) is 0.665. The number of aromatic nitrogens is 1. The third-order valence-corrected chi connectivity index (χ3v) is 4.14. The number of aryl methyl sites for hydroxylation is 2. The van der Waals surface area contributed by atoms with E-state index < -0.39 is 0 Å². The largest absolute Gasteiger partial charge is 0.383 e. The molecule has 0 saturated heterocycles. The van der Waals surface area contributed by atoms with Crippen LogP contribution in [0.15, 0.2) is 60.9 Å². The highest BCUT2D eigenvalue weighted by Crippen LogP contribution is 2.16. The van der Waals surface area contributed by atoms with Crippen molar-refractivity contribution in [1.82, 2.24) is 4.98 Å². The third-order valence-electron chi connectivity index (χ3n) is 4.14. The number of halogens is 1. The number of amides is 1. The van der Waals surface area contributed by atoms with Crippen LogP contribution >= 0.6 is 0 Å². The van der Waals surface area contributed by atoms with Crippen LogP contribution in [0.2, 0.25) is 0 Å². The molecule has 0 saturated carbocycles. The van der Waals surface area contributed by atoms with E-state index in [2.05, 4.69) is 21.7 Å². The van der Waals surface area contributed by atoms with E-state index in [9.17, 15) is 9.18 Å². The molecule has 0 unspecified atom stereocenters. The normalized spacial score (nSPS) is 10.5. The van der Waals surface area contributed by atoms with Crippen LogP contribution in [-0.4, -0.2) is 17.4 Å². The molecule has 0 bridgehead atoms. The number of carbonyl (C=O) groups excluding carboxylic acids is 1. The minimum absolute atomic E-state index is 0.199. The summed E-state index contributed by atoms with van der Waals surface area (Å²) in [7, 11) is 0. The van der Waals surface area contributed by atoms with Gasteiger partial charge in [0, 0.05) is 24.6 Å². The molecule has 4 nitrogen and oxygen atoms in total. The van der Waals surface area contributed by atoms with Gasteiger partial charge >= 0.3 is 0 Å². The first kappa shape index (κ1) is 18.6. The number of hydrogen-bond donors (Lipinski definition) is 2. The molecule has 0 aliphatic rings. The Kier molecular flexibility index (Phi) is 5.81. The van der Waals surface area contributed by atoms with Crippen molar-refractivity contribution in [1.29, 1.82) is 0 Å². The number of nitrogens with zero attached hydrogens (tertiary/aromatic N) is 1. The molecular weight excluding hydrogens is 341 g/mol. The Morgan fingerprint density at radius 1 is 0.963 bits per heavy atom. The maximum Gasteiger partial charge on any atom is 0.257 e. The SMILES string of the molecule is Cc1cc(C)cc(NC(=O)c2cncc(NCCc3ccc(F)cc3)c2)c1. The fourth-order valence-electron chi connectivity index (χ4n) is 2.91. The maximum atomic E-state index is 12.9. The monoisotopic (exact) mass is 363 g/mol. The molecule has 2 aromatic carbocycles. The van der Waals surface area contributed by atoms with Crippen molar-refractivity contribution < 1.29 is 9.18 Å². The first-order valence-corrected chi connectivity index (χ1v) is 8.82.